The van der Waals surface area contributed by atoms with E-state index in [0.29, 0.717) is 0 Å². The van der Waals surface area contributed by atoms with Crippen molar-refractivity contribution in [3.05, 3.63) is 0 Å². The average molecular weight is 199 g/mol. The van der Waals surface area contributed by atoms with E-state index in [-0.39, 0.29) is 0 Å². The van der Waals surface area contributed by atoms with Crippen LogP contribution in [0.3, 0.4) is 0 Å². The van der Waals surface area contributed by atoms with Crippen LogP contribution < -0.4 is 5.32 Å². The SMILES string of the molecule is CNCC(C)CCCC(C)CC(C)C. The summed E-state index contributed by atoms with van der Waals surface area (Å²) in [5.41, 5.74) is 0. The highest BCUT2D eigenvalue weighted by Crippen LogP contribution is 2.18. The van der Waals surface area contributed by atoms with Gasteiger partial charge in [-0.25, -0.2) is 0 Å². The fourth-order valence-corrected chi connectivity index (χ4v) is 2.19. The first-order valence-electron chi connectivity index (χ1n) is 6.20. The summed E-state index contributed by atoms with van der Waals surface area (Å²) in [6, 6.07) is 0. The Bertz CT molecular complexity index is 120. The van der Waals surface area contributed by atoms with Crippen molar-refractivity contribution in [3.63, 3.8) is 0 Å². The molecule has 0 heterocycles. The molecule has 0 saturated carbocycles. The summed E-state index contributed by atoms with van der Waals surface area (Å²) >= 11 is 0. The predicted molar refractivity (Wildman–Crippen MR) is 65.6 cm³/mol. The molecular weight excluding hydrogens is 170 g/mol. The average Bonchev–Trinajstić information content (AvgIpc) is 2.02. The van der Waals surface area contributed by atoms with Gasteiger partial charge in [0.25, 0.3) is 0 Å². The molecule has 0 aliphatic heterocycles. The van der Waals surface area contributed by atoms with Crippen molar-refractivity contribution in [2.75, 3.05) is 13.6 Å². The highest BCUT2D eigenvalue weighted by molar-refractivity contribution is 4.60. The Morgan fingerprint density at radius 2 is 1.50 bits per heavy atom. The van der Waals surface area contributed by atoms with Crippen LogP contribution in [0.2, 0.25) is 0 Å². The first kappa shape index (κ1) is 14.0. The lowest BCUT2D eigenvalue weighted by Crippen LogP contribution is -2.16. The maximum absolute atomic E-state index is 3.24. The topological polar surface area (TPSA) is 12.0 Å². The van der Waals surface area contributed by atoms with E-state index in [4.69, 9.17) is 0 Å². The van der Waals surface area contributed by atoms with E-state index in [1.54, 1.807) is 0 Å². The lowest BCUT2D eigenvalue weighted by atomic mass is 9.92. The monoisotopic (exact) mass is 199 g/mol. The van der Waals surface area contributed by atoms with Crippen LogP contribution in [0.5, 0.6) is 0 Å². The molecule has 0 aromatic heterocycles. The summed E-state index contributed by atoms with van der Waals surface area (Å²) in [6.45, 7) is 10.5. The van der Waals surface area contributed by atoms with Gasteiger partial charge >= 0.3 is 0 Å². The first-order chi connectivity index (χ1) is 6.56. The molecule has 0 aliphatic carbocycles. The zero-order chi connectivity index (χ0) is 11.0. The van der Waals surface area contributed by atoms with Gasteiger partial charge in [-0.3, -0.25) is 0 Å². The van der Waals surface area contributed by atoms with Crippen LogP contribution in [0.1, 0.15) is 53.4 Å². The lowest BCUT2D eigenvalue weighted by molar-refractivity contribution is 0.380. The lowest BCUT2D eigenvalue weighted by Gasteiger charge is -2.15. The van der Waals surface area contributed by atoms with Gasteiger partial charge in [0.1, 0.15) is 0 Å². The number of nitrogens with one attached hydrogen (secondary N) is 1. The van der Waals surface area contributed by atoms with Gasteiger partial charge in [0, 0.05) is 0 Å². The van der Waals surface area contributed by atoms with Gasteiger partial charge in [0.05, 0.1) is 0 Å². The normalized spacial score (nSPS) is 15.9. The highest BCUT2D eigenvalue weighted by atomic mass is 14.8. The smallest absolute Gasteiger partial charge is 0.00262 e. The maximum Gasteiger partial charge on any atom is -0.00262 e. The Kier molecular flexibility index (Phi) is 8.26. The molecule has 0 rings (SSSR count). The van der Waals surface area contributed by atoms with E-state index in [1.807, 2.05) is 7.05 Å². The molecule has 2 atom stereocenters. The van der Waals surface area contributed by atoms with Crippen molar-refractivity contribution in [1.29, 1.82) is 0 Å². The van der Waals surface area contributed by atoms with Crippen molar-refractivity contribution in [2.45, 2.75) is 53.4 Å². The molecule has 1 N–H and O–H groups in total. The molecule has 0 bridgehead atoms. The predicted octanol–water partition coefficient (Wildman–Crippen LogP) is 3.69. The Morgan fingerprint density at radius 1 is 0.929 bits per heavy atom. The molecule has 86 valence electrons. The molecule has 0 aromatic carbocycles. The van der Waals surface area contributed by atoms with Gasteiger partial charge in [0.2, 0.25) is 0 Å². The molecule has 0 amide bonds. The van der Waals surface area contributed by atoms with E-state index in [0.717, 1.165) is 17.8 Å². The third-order valence-electron chi connectivity index (χ3n) is 2.82. The van der Waals surface area contributed by atoms with E-state index in [1.165, 1.54) is 32.2 Å². The standard InChI is InChI=1S/C13H29N/c1-11(2)9-12(3)7-6-8-13(4)10-14-5/h11-14H,6-10H2,1-5H3. The molecular formula is C13H29N. The Morgan fingerprint density at radius 3 is 2.00 bits per heavy atom. The summed E-state index contributed by atoms with van der Waals surface area (Å²) in [5.74, 6) is 2.61. The van der Waals surface area contributed by atoms with Crippen LogP contribution in [-0.4, -0.2) is 13.6 Å². The van der Waals surface area contributed by atoms with Crippen molar-refractivity contribution < 1.29 is 0 Å². The molecule has 0 saturated heterocycles. The molecule has 0 aliphatic rings. The second-order valence-corrected chi connectivity index (χ2v) is 5.33. The summed E-state index contributed by atoms with van der Waals surface area (Å²) < 4.78 is 0. The minimum atomic E-state index is 0.839. The molecule has 1 heteroatoms. The van der Waals surface area contributed by atoms with Crippen LogP contribution >= 0.6 is 0 Å². The van der Waals surface area contributed by atoms with Crippen LogP contribution in [0, 0.1) is 17.8 Å². The molecule has 2 unspecified atom stereocenters. The van der Waals surface area contributed by atoms with Crippen molar-refractivity contribution in [2.24, 2.45) is 17.8 Å². The quantitative estimate of drug-likeness (QED) is 0.628. The van der Waals surface area contributed by atoms with Gasteiger partial charge in [-0.05, 0) is 44.2 Å². The van der Waals surface area contributed by atoms with Gasteiger partial charge < -0.3 is 5.32 Å². The van der Waals surface area contributed by atoms with E-state index in [9.17, 15) is 0 Å². The van der Waals surface area contributed by atoms with Gasteiger partial charge in [-0.2, -0.15) is 0 Å². The van der Waals surface area contributed by atoms with E-state index in [2.05, 4.69) is 33.0 Å². The largest absolute Gasteiger partial charge is 0.319 e. The van der Waals surface area contributed by atoms with Crippen LogP contribution in [0.25, 0.3) is 0 Å². The fourth-order valence-electron chi connectivity index (χ4n) is 2.19. The van der Waals surface area contributed by atoms with Crippen molar-refractivity contribution >= 4 is 0 Å². The molecule has 0 aromatic rings. The molecule has 0 radical (unpaired) electrons. The number of hydrogen-bond donors (Lipinski definition) is 1. The van der Waals surface area contributed by atoms with Gasteiger partial charge in [-0.1, -0.05) is 40.5 Å². The Hall–Kier alpha value is -0.0400. The fraction of sp³-hybridized carbons (Fsp3) is 1.00. The zero-order valence-electron chi connectivity index (χ0n) is 10.8. The maximum atomic E-state index is 3.24. The minimum absolute atomic E-state index is 0.839. The van der Waals surface area contributed by atoms with E-state index >= 15 is 0 Å². The summed E-state index contributed by atoms with van der Waals surface area (Å²) in [6.07, 6.45) is 5.58. The third-order valence-corrected chi connectivity index (χ3v) is 2.82. The Balaban J connectivity index is 3.34. The minimum Gasteiger partial charge on any atom is -0.319 e. The molecule has 0 fully saturated rings. The van der Waals surface area contributed by atoms with Crippen LogP contribution in [0.15, 0.2) is 0 Å². The van der Waals surface area contributed by atoms with Crippen LogP contribution in [0.4, 0.5) is 0 Å². The summed E-state index contributed by atoms with van der Waals surface area (Å²) in [4.78, 5) is 0. The summed E-state index contributed by atoms with van der Waals surface area (Å²) in [5, 5.41) is 3.24. The molecule has 14 heavy (non-hydrogen) atoms. The number of hydrogen-bond acceptors (Lipinski definition) is 1. The first-order valence-corrected chi connectivity index (χ1v) is 6.20. The molecule has 1 nitrogen and oxygen atoms in total. The second-order valence-electron chi connectivity index (χ2n) is 5.33. The zero-order valence-corrected chi connectivity index (χ0v) is 10.8. The van der Waals surface area contributed by atoms with Crippen molar-refractivity contribution in [3.8, 4) is 0 Å². The van der Waals surface area contributed by atoms with Crippen LogP contribution in [-0.2, 0) is 0 Å². The second kappa shape index (κ2) is 8.28. The van der Waals surface area contributed by atoms with E-state index < -0.39 is 0 Å². The van der Waals surface area contributed by atoms with Crippen molar-refractivity contribution in [1.82, 2.24) is 5.32 Å². The summed E-state index contributed by atoms with van der Waals surface area (Å²) in [7, 11) is 2.04. The van der Waals surface area contributed by atoms with Gasteiger partial charge in [0.15, 0.2) is 0 Å². The number of rotatable bonds is 8. The highest BCUT2D eigenvalue weighted by Gasteiger charge is 2.06. The third kappa shape index (κ3) is 8.55. The van der Waals surface area contributed by atoms with Gasteiger partial charge in [-0.15, -0.1) is 0 Å². The molecule has 0 spiro atoms. The Labute approximate surface area is 90.7 Å².